The number of unbranched alkanes of at least 4 members (excludes halogenated alkanes) is 1. The minimum absolute atomic E-state index is 0.0729. The molecule has 0 saturated carbocycles. The fourth-order valence-corrected chi connectivity index (χ4v) is 9.82. The molecule has 4 aliphatic rings. The normalized spacial score (nSPS) is 27.8. The number of ether oxygens (including phenoxy) is 5. The first-order chi connectivity index (χ1) is 34.0. The number of allylic oxidation sites excluding steroid dienone is 3. The number of imide groups is 1. The Kier molecular flexibility index (Phi) is 19.9. The summed E-state index contributed by atoms with van der Waals surface area (Å²) in [7, 11) is 5.74. The minimum atomic E-state index is -1.91. The van der Waals surface area contributed by atoms with Crippen LogP contribution in [-0.4, -0.2) is 170 Å². The van der Waals surface area contributed by atoms with Crippen molar-refractivity contribution in [2.24, 2.45) is 11.7 Å². The number of rotatable bonds is 18. The predicted molar refractivity (Wildman–Crippen MR) is 267 cm³/mol. The molecule has 7 amide bonds. The molecule has 4 aliphatic heterocycles. The number of nitrogens with zero attached hydrogens (tertiary/aromatic N) is 3. The summed E-state index contributed by atoms with van der Waals surface area (Å²) in [5, 5.41) is 19.9. The van der Waals surface area contributed by atoms with E-state index >= 15 is 0 Å². The Bertz CT molecular complexity index is 2320. The minimum Gasteiger partial charge on any atom is -0.495 e. The molecule has 21 nitrogen and oxygen atoms in total. The number of hydrogen-bond acceptors (Lipinski definition) is 16. The van der Waals surface area contributed by atoms with Crippen molar-refractivity contribution in [2.45, 2.75) is 127 Å². The van der Waals surface area contributed by atoms with E-state index in [0.29, 0.717) is 37.2 Å². The van der Waals surface area contributed by atoms with E-state index in [4.69, 9.17) is 41.0 Å². The number of likely N-dealkylation sites (N-methyl/N-ethyl adjacent to an activating group) is 1. The van der Waals surface area contributed by atoms with Gasteiger partial charge in [-0.3, -0.25) is 39.0 Å². The van der Waals surface area contributed by atoms with Crippen LogP contribution < -0.4 is 31.3 Å². The number of benzene rings is 1. The molecule has 10 atom stereocenters. The number of methoxy groups -OCH3 is 2. The van der Waals surface area contributed by atoms with Gasteiger partial charge in [-0.1, -0.05) is 42.3 Å². The molecule has 23 heteroatoms. The quantitative estimate of drug-likeness (QED) is 0.0611. The van der Waals surface area contributed by atoms with Crippen LogP contribution in [0.5, 0.6) is 5.75 Å². The van der Waals surface area contributed by atoms with Gasteiger partial charge in [-0.25, -0.2) is 9.59 Å². The zero-order valence-electron chi connectivity index (χ0n) is 42.2. The van der Waals surface area contributed by atoms with Gasteiger partial charge < -0.3 is 55.0 Å². The second kappa shape index (κ2) is 24.9. The summed E-state index contributed by atoms with van der Waals surface area (Å²) >= 11 is 8.07. The lowest BCUT2D eigenvalue weighted by molar-refractivity contribution is -0.162. The number of anilines is 1. The fraction of sp³-hybridized carbons (Fsp3) is 0.592. The Hall–Kier alpha value is -5.52. The molecule has 2 fully saturated rings. The smallest absolute Gasteiger partial charge is 0.409 e. The van der Waals surface area contributed by atoms with Gasteiger partial charge in [0.2, 0.25) is 23.6 Å². The molecule has 4 bridgehead atoms. The number of hydrogen-bond donors (Lipinski definition) is 5. The monoisotopic (exact) mass is 1050 g/mol. The average molecular weight is 1050 g/mol. The third-order valence-corrected chi connectivity index (χ3v) is 14.5. The van der Waals surface area contributed by atoms with E-state index in [9.17, 15) is 43.5 Å². The molecule has 0 radical (unpaired) electrons. The number of nitrogens with two attached hydrogens (primary N) is 1. The topological polar surface area (TPSA) is 278 Å². The molecular formula is C49H68ClN7O14S. The number of fused-ring (bicyclic) bond motifs is 5. The van der Waals surface area contributed by atoms with Crippen LogP contribution in [0.3, 0.4) is 0 Å². The molecule has 4 heterocycles. The number of carbonyl (C=O) groups is 8. The zero-order valence-corrected chi connectivity index (χ0v) is 43.8. The Morgan fingerprint density at radius 1 is 1.10 bits per heavy atom. The largest absolute Gasteiger partial charge is 0.495 e. The Morgan fingerprint density at radius 3 is 2.43 bits per heavy atom. The molecular weight excluding hydrogens is 978 g/mol. The number of carbonyl (C=O) groups excluding carboxylic acids is 8. The standard InChI is InChI=1S/C49H68ClN7O14S/c1-27-13-12-15-36(68-8)49(66)25-35(69-47(65)54-49)28(2)43-48(4,71-43)37(24-41(61)56(6)33-22-30(21-27)23-34(67-7)42(33)50)70-46(64)29(3)55(5)45(63)32(26-72-9)53-44(62)31(14-10-11-19-51)52-38(58)18-20-57-39(59)16-17-40(57)60/h12-13,15-17,22-23,28-29,31-32,35-37,43,66H,10-11,14,18-21,24-26,51H2,1-9H3,(H,52,58)(H,53,62)(H,54,65)/b15-12+,27-13+/t28?,29-,31+,32-,35?,36?,37?,43?,48?,49?/m0/s1. The Balaban J connectivity index is 1.40. The fourth-order valence-electron chi connectivity index (χ4n) is 8.95. The molecule has 5 rings (SSSR count). The summed E-state index contributed by atoms with van der Waals surface area (Å²) in [6, 6.07) is -0.0869. The van der Waals surface area contributed by atoms with E-state index in [1.807, 2.05) is 13.0 Å². The van der Waals surface area contributed by atoms with Crippen molar-refractivity contribution in [1.29, 1.82) is 0 Å². The van der Waals surface area contributed by atoms with Crippen molar-refractivity contribution in [2.75, 3.05) is 58.3 Å². The molecule has 0 aromatic heterocycles. The molecule has 6 N–H and O–H groups in total. The zero-order chi connectivity index (χ0) is 53.2. The van der Waals surface area contributed by atoms with Crippen LogP contribution in [0, 0.1) is 5.92 Å². The highest BCUT2D eigenvalue weighted by atomic mass is 35.5. The van der Waals surface area contributed by atoms with Gasteiger partial charge in [0.1, 0.15) is 52.8 Å². The van der Waals surface area contributed by atoms with E-state index in [-0.39, 0.29) is 36.6 Å². The number of epoxide rings is 1. The summed E-state index contributed by atoms with van der Waals surface area (Å²) in [6.07, 6.45) is 4.87. The highest BCUT2D eigenvalue weighted by Crippen LogP contribution is 2.49. The van der Waals surface area contributed by atoms with Crippen LogP contribution in [0.15, 0.2) is 48.1 Å². The van der Waals surface area contributed by atoms with E-state index in [2.05, 4.69) is 16.0 Å². The maximum Gasteiger partial charge on any atom is 0.409 e. The van der Waals surface area contributed by atoms with Crippen LogP contribution >= 0.6 is 23.4 Å². The number of aliphatic hydroxyl groups is 1. The van der Waals surface area contributed by atoms with Crippen molar-refractivity contribution in [1.82, 2.24) is 25.8 Å². The lowest BCUT2D eigenvalue weighted by Gasteiger charge is -2.42. The van der Waals surface area contributed by atoms with Crippen LogP contribution in [0.4, 0.5) is 10.5 Å². The van der Waals surface area contributed by atoms with Crippen molar-refractivity contribution in [3.8, 4) is 5.75 Å². The van der Waals surface area contributed by atoms with Crippen molar-refractivity contribution < 1.29 is 67.1 Å². The first-order valence-electron chi connectivity index (χ1n) is 23.7. The van der Waals surface area contributed by atoms with Gasteiger partial charge >= 0.3 is 12.1 Å². The molecule has 0 aliphatic carbocycles. The van der Waals surface area contributed by atoms with Crippen LogP contribution in [0.1, 0.15) is 71.8 Å². The van der Waals surface area contributed by atoms with Crippen LogP contribution in [-0.2, 0) is 58.9 Å². The average Bonchev–Trinajstić information content (AvgIpc) is 3.93. The third kappa shape index (κ3) is 13.7. The molecule has 396 valence electrons. The van der Waals surface area contributed by atoms with E-state index < -0.39 is 114 Å². The number of alkyl carbamates (subject to hydrolysis) is 1. The van der Waals surface area contributed by atoms with Gasteiger partial charge in [0.15, 0.2) is 5.72 Å². The van der Waals surface area contributed by atoms with E-state index in [0.717, 1.165) is 33.1 Å². The van der Waals surface area contributed by atoms with Crippen molar-refractivity contribution in [3.63, 3.8) is 0 Å². The third-order valence-electron chi connectivity index (χ3n) is 13.5. The molecule has 1 aromatic rings. The summed E-state index contributed by atoms with van der Waals surface area (Å²) in [4.78, 5) is 110. The highest BCUT2D eigenvalue weighted by molar-refractivity contribution is 7.98. The predicted octanol–water partition coefficient (Wildman–Crippen LogP) is 2.29. The van der Waals surface area contributed by atoms with Crippen LogP contribution in [0.25, 0.3) is 0 Å². The van der Waals surface area contributed by atoms with Gasteiger partial charge in [0.05, 0.1) is 25.3 Å². The Labute approximate surface area is 428 Å². The Morgan fingerprint density at radius 2 is 1.79 bits per heavy atom. The van der Waals surface area contributed by atoms with Crippen molar-refractivity contribution >= 4 is 76.6 Å². The molecule has 1 aromatic carbocycles. The van der Waals surface area contributed by atoms with Crippen molar-refractivity contribution in [3.05, 3.63) is 58.7 Å². The summed E-state index contributed by atoms with van der Waals surface area (Å²) in [6.45, 7) is 6.85. The second-order valence-corrected chi connectivity index (χ2v) is 20.0. The SMILES string of the molecule is COc1cc2cc(c1Cl)N(C)C(=O)CC(OC(=O)[C@H](C)N(C)C(=O)[C@H](CSC)NC(=O)[C@@H](CCCCN)NC(=O)CCN1C(=O)C=CC1=O)C1(C)OC1C(C)C1CC(O)(NC(=O)O1)C(OC)/C=C/C=C(\C)C2. The number of amides is 7. The summed E-state index contributed by atoms with van der Waals surface area (Å²) in [5.74, 6) is -4.75. The van der Waals surface area contributed by atoms with Crippen LogP contribution in [0.2, 0.25) is 5.02 Å². The van der Waals surface area contributed by atoms with Gasteiger partial charge in [-0.05, 0) is 77.0 Å². The number of thioether (sulfide) groups is 1. The number of esters is 1. The molecule has 0 spiro atoms. The lowest BCUT2D eigenvalue weighted by atomic mass is 9.83. The molecule has 2 saturated heterocycles. The maximum atomic E-state index is 14.4. The number of halogens is 1. The number of nitrogens with one attached hydrogen (secondary N) is 3. The summed E-state index contributed by atoms with van der Waals surface area (Å²) in [5.41, 5.74) is 4.36. The van der Waals surface area contributed by atoms with Gasteiger partial charge in [0, 0.05) is 64.4 Å². The van der Waals surface area contributed by atoms with E-state index in [1.54, 1.807) is 44.4 Å². The van der Waals surface area contributed by atoms with Gasteiger partial charge in [0.25, 0.3) is 11.8 Å². The summed E-state index contributed by atoms with van der Waals surface area (Å²) < 4.78 is 29.5. The van der Waals surface area contributed by atoms with E-state index in [1.165, 1.54) is 51.9 Å². The lowest BCUT2D eigenvalue weighted by Crippen LogP contribution is -2.63. The first-order valence-corrected chi connectivity index (χ1v) is 25.5. The molecule has 7 unspecified atom stereocenters. The first kappa shape index (κ1) is 57.4. The van der Waals surface area contributed by atoms with Gasteiger partial charge in [-0.2, -0.15) is 11.8 Å². The molecule has 72 heavy (non-hydrogen) atoms. The second-order valence-electron chi connectivity index (χ2n) is 18.7. The maximum absolute atomic E-state index is 14.4. The highest BCUT2D eigenvalue weighted by Gasteiger charge is 2.64. The van der Waals surface area contributed by atoms with Gasteiger partial charge in [-0.15, -0.1) is 0 Å².